The molecule has 0 aromatic carbocycles. The van der Waals surface area contributed by atoms with Gasteiger partial charge in [-0.25, -0.2) is 0 Å². The van der Waals surface area contributed by atoms with E-state index in [1.807, 2.05) is 6.08 Å². The van der Waals surface area contributed by atoms with Gasteiger partial charge in [0, 0.05) is 6.42 Å². The molecule has 0 bridgehead atoms. The summed E-state index contributed by atoms with van der Waals surface area (Å²) in [6, 6.07) is -0.750. The number of unbranched alkanes of at least 4 members (excludes halogenated alkanes) is 24. The minimum Gasteiger partial charge on any atom is -0.458 e. The summed E-state index contributed by atoms with van der Waals surface area (Å²) in [5.41, 5.74) is 0. The first kappa shape index (κ1) is 62.0. The van der Waals surface area contributed by atoms with Crippen LogP contribution in [-0.2, 0) is 14.3 Å². The van der Waals surface area contributed by atoms with Gasteiger partial charge in [0.2, 0.25) is 5.91 Å². The van der Waals surface area contributed by atoms with Crippen molar-refractivity contribution in [2.75, 3.05) is 6.61 Å². The molecule has 6 nitrogen and oxygen atoms in total. The lowest BCUT2D eigenvalue weighted by atomic mass is 10.0. The highest BCUT2D eigenvalue weighted by atomic mass is 16.5. The number of allylic oxidation sites excluding steroid dienone is 13. The Hall–Kier alpha value is -2.96. The predicted molar refractivity (Wildman–Crippen MR) is 282 cm³/mol. The molecule has 3 unspecified atom stereocenters. The second-order valence-corrected chi connectivity index (χ2v) is 18.2. The second-order valence-electron chi connectivity index (χ2n) is 18.2. The van der Waals surface area contributed by atoms with Crippen LogP contribution >= 0.6 is 0 Å². The highest BCUT2D eigenvalue weighted by Crippen LogP contribution is 2.16. The van der Waals surface area contributed by atoms with E-state index in [0.717, 1.165) is 83.5 Å². The maximum absolute atomic E-state index is 13.2. The summed E-state index contributed by atoms with van der Waals surface area (Å²) in [6.07, 6.45) is 68.2. The standard InChI is InChI=1S/C59H103NO5/c1-4-7-10-13-16-19-22-25-27-29-30-33-35-38-41-44-47-50-55(65-59(64)52-49-46-43-40-37-32-24-21-18-15-12-9-6-3)53-58(63)60-56(54-61)57(62)51-48-45-42-39-36-34-31-28-26-23-20-17-14-11-8-5-2/h7,10,16,19,25,27,30,32-33,37-38,41,47,50,55-57,61-62H,4-6,8-9,11-15,17-18,20-24,26,28-29,31,34-36,39-40,42-46,48-49,51-54H2,1-3H3,(H,60,63)/b10-7-,19-16-,27-25-,33-30-,37-32-,41-38-,50-47-. The highest BCUT2D eigenvalue weighted by molar-refractivity contribution is 5.78. The number of esters is 1. The monoisotopic (exact) mass is 906 g/mol. The van der Waals surface area contributed by atoms with Gasteiger partial charge in [0.15, 0.2) is 0 Å². The summed E-state index contributed by atoms with van der Waals surface area (Å²) in [5, 5.41) is 23.8. The number of hydrogen-bond acceptors (Lipinski definition) is 5. The van der Waals surface area contributed by atoms with Crippen molar-refractivity contribution < 1.29 is 24.5 Å². The summed E-state index contributed by atoms with van der Waals surface area (Å²) in [7, 11) is 0. The van der Waals surface area contributed by atoms with Crippen LogP contribution in [0.2, 0.25) is 0 Å². The van der Waals surface area contributed by atoms with Crippen LogP contribution in [0.4, 0.5) is 0 Å². The van der Waals surface area contributed by atoms with Gasteiger partial charge in [0.1, 0.15) is 6.10 Å². The third-order valence-corrected chi connectivity index (χ3v) is 12.0. The van der Waals surface area contributed by atoms with E-state index in [4.69, 9.17) is 4.74 Å². The minimum atomic E-state index is -0.826. The van der Waals surface area contributed by atoms with Crippen LogP contribution in [0, 0.1) is 0 Å². The molecule has 0 aliphatic carbocycles. The van der Waals surface area contributed by atoms with Crippen LogP contribution in [0.25, 0.3) is 0 Å². The summed E-state index contributed by atoms with van der Waals surface area (Å²) in [4.78, 5) is 26.1. The van der Waals surface area contributed by atoms with Gasteiger partial charge < -0.3 is 20.3 Å². The lowest BCUT2D eigenvalue weighted by molar-refractivity contribution is -0.148. The van der Waals surface area contributed by atoms with E-state index in [9.17, 15) is 19.8 Å². The zero-order valence-corrected chi connectivity index (χ0v) is 42.6. The lowest BCUT2D eigenvalue weighted by Crippen LogP contribution is -2.46. The van der Waals surface area contributed by atoms with E-state index in [-0.39, 0.29) is 24.9 Å². The van der Waals surface area contributed by atoms with Crippen molar-refractivity contribution in [3.05, 3.63) is 85.1 Å². The van der Waals surface area contributed by atoms with E-state index >= 15 is 0 Å². The van der Waals surface area contributed by atoms with Crippen molar-refractivity contribution in [2.24, 2.45) is 0 Å². The van der Waals surface area contributed by atoms with Crippen LogP contribution in [0.1, 0.15) is 252 Å². The summed E-state index contributed by atoms with van der Waals surface area (Å²) >= 11 is 0. The zero-order chi connectivity index (χ0) is 47.4. The maximum Gasteiger partial charge on any atom is 0.306 e. The molecule has 0 saturated carbocycles. The third-order valence-electron chi connectivity index (χ3n) is 12.0. The molecule has 1 amide bonds. The predicted octanol–water partition coefficient (Wildman–Crippen LogP) is 16.7. The molecule has 0 aliphatic rings. The quantitative estimate of drug-likeness (QED) is 0.0321. The van der Waals surface area contributed by atoms with Crippen molar-refractivity contribution in [3.8, 4) is 0 Å². The smallest absolute Gasteiger partial charge is 0.306 e. The topological polar surface area (TPSA) is 95.9 Å². The van der Waals surface area contributed by atoms with Gasteiger partial charge in [0.25, 0.3) is 0 Å². The van der Waals surface area contributed by atoms with Crippen LogP contribution in [0.5, 0.6) is 0 Å². The Morgan fingerprint density at radius 3 is 1.29 bits per heavy atom. The van der Waals surface area contributed by atoms with Gasteiger partial charge in [-0.1, -0.05) is 241 Å². The Bertz CT molecular complexity index is 1250. The Kier molecular flexibility index (Phi) is 49.6. The fraction of sp³-hybridized carbons (Fsp3) is 0.729. The molecule has 0 heterocycles. The van der Waals surface area contributed by atoms with Gasteiger partial charge in [-0.2, -0.15) is 0 Å². The molecule has 65 heavy (non-hydrogen) atoms. The Morgan fingerprint density at radius 1 is 0.477 bits per heavy atom. The van der Waals surface area contributed by atoms with E-state index in [0.29, 0.717) is 19.3 Å². The Morgan fingerprint density at radius 2 is 0.862 bits per heavy atom. The van der Waals surface area contributed by atoms with Crippen molar-refractivity contribution in [2.45, 2.75) is 270 Å². The average Bonchev–Trinajstić information content (AvgIpc) is 3.30. The van der Waals surface area contributed by atoms with E-state index in [1.54, 1.807) is 6.08 Å². The van der Waals surface area contributed by atoms with Crippen molar-refractivity contribution >= 4 is 11.9 Å². The third kappa shape index (κ3) is 47.3. The van der Waals surface area contributed by atoms with E-state index in [1.165, 1.54) is 122 Å². The number of hydrogen-bond donors (Lipinski definition) is 3. The number of aliphatic hydroxyl groups is 2. The van der Waals surface area contributed by atoms with Gasteiger partial charge in [-0.3, -0.25) is 9.59 Å². The number of rotatable bonds is 48. The van der Waals surface area contributed by atoms with E-state index in [2.05, 4.69) is 99.0 Å². The molecule has 0 aliphatic heterocycles. The van der Waals surface area contributed by atoms with Gasteiger partial charge >= 0.3 is 5.97 Å². The molecule has 0 aromatic rings. The van der Waals surface area contributed by atoms with Crippen LogP contribution in [-0.4, -0.2) is 46.9 Å². The molecule has 0 radical (unpaired) electrons. The van der Waals surface area contributed by atoms with Crippen molar-refractivity contribution in [1.29, 1.82) is 0 Å². The first-order chi connectivity index (χ1) is 32.0. The fourth-order valence-electron chi connectivity index (χ4n) is 7.83. The number of carbonyl (C=O) groups excluding carboxylic acids is 2. The summed E-state index contributed by atoms with van der Waals surface area (Å²) in [5.74, 6) is -0.650. The average molecular weight is 906 g/mol. The Labute approximate surface area is 402 Å². The molecule has 6 heteroatoms. The molecular formula is C59H103NO5. The first-order valence-corrected chi connectivity index (χ1v) is 27.3. The maximum atomic E-state index is 13.2. The molecule has 0 fully saturated rings. The Balaban J connectivity index is 4.74. The summed E-state index contributed by atoms with van der Waals surface area (Å²) in [6.45, 7) is 6.33. The van der Waals surface area contributed by atoms with Crippen molar-refractivity contribution in [1.82, 2.24) is 5.32 Å². The molecule has 0 spiro atoms. The molecule has 3 N–H and O–H groups in total. The number of aliphatic hydroxyl groups excluding tert-OH is 2. The van der Waals surface area contributed by atoms with E-state index < -0.39 is 18.2 Å². The molecule has 0 saturated heterocycles. The SMILES string of the molecule is CC/C=C\C/C=C\C/C=C\C/C=C\C/C=C\C/C=C\C(CC(=O)NC(CO)C(O)CCCCCCCCCCCCCCCCCC)OC(=O)CCCCC/C=C\CCCCCCCC. The fourth-order valence-corrected chi connectivity index (χ4v) is 7.83. The van der Waals surface area contributed by atoms with Crippen LogP contribution in [0.15, 0.2) is 85.1 Å². The normalized spacial score (nSPS) is 13.9. The van der Waals surface area contributed by atoms with Gasteiger partial charge in [0.05, 0.1) is 25.2 Å². The van der Waals surface area contributed by atoms with Crippen molar-refractivity contribution in [3.63, 3.8) is 0 Å². The van der Waals surface area contributed by atoms with Crippen LogP contribution < -0.4 is 5.32 Å². The molecule has 374 valence electrons. The summed E-state index contributed by atoms with van der Waals surface area (Å²) < 4.78 is 5.82. The molecule has 3 atom stereocenters. The van der Waals surface area contributed by atoms with Gasteiger partial charge in [-0.15, -0.1) is 0 Å². The minimum absolute atomic E-state index is 0.0560. The second kappa shape index (κ2) is 52.0. The largest absolute Gasteiger partial charge is 0.458 e. The number of nitrogens with one attached hydrogen (secondary N) is 1. The van der Waals surface area contributed by atoms with Crippen LogP contribution in [0.3, 0.4) is 0 Å². The number of carbonyl (C=O) groups is 2. The lowest BCUT2D eigenvalue weighted by Gasteiger charge is -2.23. The highest BCUT2D eigenvalue weighted by Gasteiger charge is 2.23. The first-order valence-electron chi connectivity index (χ1n) is 27.3. The molecule has 0 aromatic heterocycles. The molecule has 0 rings (SSSR count). The number of ether oxygens (including phenoxy) is 1. The number of amides is 1. The zero-order valence-electron chi connectivity index (χ0n) is 42.6. The molecular weight excluding hydrogens is 803 g/mol. The van der Waals surface area contributed by atoms with Gasteiger partial charge in [-0.05, 0) is 83.1 Å².